The van der Waals surface area contributed by atoms with Gasteiger partial charge in [-0.25, -0.2) is 10.3 Å². The van der Waals surface area contributed by atoms with Crippen LogP contribution in [0.3, 0.4) is 0 Å². The number of carbonyl (C=O) groups is 1. The Labute approximate surface area is 205 Å². The van der Waals surface area contributed by atoms with Crippen molar-refractivity contribution in [3.8, 4) is 0 Å². The monoisotopic (exact) mass is 473 g/mol. The summed E-state index contributed by atoms with van der Waals surface area (Å²) in [6, 6.07) is 0. The quantitative estimate of drug-likeness (QED) is 0.0828. The molecular formula is C27H57N2O4+. The number of hydrogen-bond donors (Lipinski definition) is 2. The molecule has 0 unspecified atom stereocenters. The van der Waals surface area contributed by atoms with Gasteiger partial charge in [0.15, 0.2) is 6.54 Å². The number of likely N-dealkylation sites (N-methyl/N-ethyl adjacent to an activating group) is 1. The van der Waals surface area contributed by atoms with Crippen molar-refractivity contribution in [1.29, 1.82) is 0 Å². The maximum absolute atomic E-state index is 10.8. The molecule has 0 heterocycles. The number of aliphatic carboxylic acids is 1. The van der Waals surface area contributed by atoms with E-state index >= 15 is 0 Å². The highest BCUT2D eigenvalue weighted by molar-refractivity contribution is 5.67. The molecule has 0 aliphatic heterocycles. The van der Waals surface area contributed by atoms with Gasteiger partial charge in [0.2, 0.25) is 0 Å². The SMILES string of the molecule is CCCCCCCCCCCCCCCCCCONCCCOCC[N+](C)(C)CC(=O)O. The van der Waals surface area contributed by atoms with E-state index in [0.717, 1.165) is 26.0 Å². The highest BCUT2D eigenvalue weighted by Crippen LogP contribution is 2.13. The number of unbranched alkanes of at least 4 members (excludes halogenated alkanes) is 15. The summed E-state index contributed by atoms with van der Waals surface area (Å²) in [5.74, 6) is -0.773. The normalized spacial score (nSPS) is 11.8. The second-order valence-corrected chi connectivity index (χ2v) is 10.2. The molecule has 0 bridgehead atoms. The molecule has 198 valence electrons. The van der Waals surface area contributed by atoms with Crippen molar-refractivity contribution >= 4 is 5.97 Å². The van der Waals surface area contributed by atoms with E-state index in [9.17, 15) is 4.79 Å². The van der Waals surface area contributed by atoms with Crippen LogP contribution in [0.1, 0.15) is 116 Å². The van der Waals surface area contributed by atoms with Crippen molar-refractivity contribution < 1.29 is 24.0 Å². The van der Waals surface area contributed by atoms with Crippen LogP contribution in [0.5, 0.6) is 0 Å². The fraction of sp³-hybridized carbons (Fsp3) is 0.963. The van der Waals surface area contributed by atoms with E-state index in [1.165, 1.54) is 96.3 Å². The number of quaternary nitrogens is 1. The van der Waals surface area contributed by atoms with E-state index in [1.807, 2.05) is 14.1 Å². The van der Waals surface area contributed by atoms with Gasteiger partial charge in [-0.2, -0.15) is 0 Å². The van der Waals surface area contributed by atoms with Crippen LogP contribution in [-0.2, 0) is 14.4 Å². The summed E-state index contributed by atoms with van der Waals surface area (Å²) in [6.07, 6.45) is 23.0. The third-order valence-electron chi connectivity index (χ3n) is 6.17. The van der Waals surface area contributed by atoms with Crippen LogP contribution in [0.25, 0.3) is 0 Å². The van der Waals surface area contributed by atoms with Crippen molar-refractivity contribution in [2.75, 3.05) is 53.6 Å². The van der Waals surface area contributed by atoms with Crippen molar-refractivity contribution in [2.45, 2.75) is 116 Å². The molecule has 0 rings (SSSR count). The zero-order valence-electron chi connectivity index (χ0n) is 22.4. The Morgan fingerprint density at radius 3 is 1.67 bits per heavy atom. The molecule has 0 aromatic heterocycles. The zero-order valence-corrected chi connectivity index (χ0v) is 22.4. The second kappa shape index (κ2) is 24.4. The number of hydroxylamine groups is 1. The first-order valence-corrected chi connectivity index (χ1v) is 13.9. The van der Waals surface area contributed by atoms with Gasteiger partial charge in [0.1, 0.15) is 6.54 Å². The van der Waals surface area contributed by atoms with Gasteiger partial charge in [-0.1, -0.05) is 103 Å². The average molecular weight is 474 g/mol. The van der Waals surface area contributed by atoms with Crippen LogP contribution in [0, 0.1) is 0 Å². The second-order valence-electron chi connectivity index (χ2n) is 10.2. The number of hydrogen-bond acceptors (Lipinski definition) is 4. The summed E-state index contributed by atoms with van der Waals surface area (Å²) >= 11 is 0. The lowest BCUT2D eigenvalue weighted by molar-refractivity contribution is -0.883. The van der Waals surface area contributed by atoms with Gasteiger partial charge in [-0.05, 0) is 12.8 Å². The van der Waals surface area contributed by atoms with Crippen molar-refractivity contribution in [3.63, 3.8) is 0 Å². The fourth-order valence-corrected chi connectivity index (χ4v) is 3.97. The van der Waals surface area contributed by atoms with Gasteiger partial charge >= 0.3 is 5.97 Å². The molecule has 0 amide bonds. The summed E-state index contributed by atoms with van der Waals surface area (Å²) in [5.41, 5.74) is 3.01. The van der Waals surface area contributed by atoms with Gasteiger partial charge in [0, 0.05) is 13.2 Å². The molecule has 0 radical (unpaired) electrons. The van der Waals surface area contributed by atoms with Gasteiger partial charge in [0.25, 0.3) is 0 Å². The van der Waals surface area contributed by atoms with Crippen LogP contribution in [0.4, 0.5) is 0 Å². The maximum Gasteiger partial charge on any atom is 0.359 e. The zero-order chi connectivity index (χ0) is 24.5. The predicted octanol–water partition coefficient (Wildman–Crippen LogP) is 6.34. The lowest BCUT2D eigenvalue weighted by Crippen LogP contribution is -2.46. The number of carboxylic acid groups (broad SMARTS) is 1. The Morgan fingerprint density at radius 1 is 0.697 bits per heavy atom. The Bertz CT molecular complexity index is 419. The first kappa shape index (κ1) is 32.3. The van der Waals surface area contributed by atoms with Crippen LogP contribution in [-0.4, -0.2) is 69.1 Å². The summed E-state index contributed by atoms with van der Waals surface area (Å²) in [4.78, 5) is 16.3. The van der Waals surface area contributed by atoms with Crippen molar-refractivity contribution in [2.24, 2.45) is 0 Å². The average Bonchev–Trinajstić information content (AvgIpc) is 2.75. The predicted molar refractivity (Wildman–Crippen MR) is 138 cm³/mol. The first-order valence-electron chi connectivity index (χ1n) is 13.9. The van der Waals surface area contributed by atoms with Crippen molar-refractivity contribution in [1.82, 2.24) is 5.48 Å². The molecule has 0 atom stereocenters. The third kappa shape index (κ3) is 27.4. The first-order chi connectivity index (χ1) is 16.0. The Balaban J connectivity index is 3.12. The number of nitrogens with one attached hydrogen (secondary N) is 1. The molecule has 0 aliphatic carbocycles. The standard InChI is InChI=1S/C27H56N2O4/c1-4-5-6-7-8-9-10-11-12-13-14-15-16-17-18-19-24-33-28-21-20-23-32-25-22-29(2,3)26-27(30)31/h28H,4-26H2,1-3H3/p+1. The molecule has 2 N–H and O–H groups in total. The summed E-state index contributed by atoms with van der Waals surface area (Å²) in [7, 11) is 3.82. The largest absolute Gasteiger partial charge is 0.477 e. The highest BCUT2D eigenvalue weighted by atomic mass is 16.6. The lowest BCUT2D eigenvalue weighted by atomic mass is 10.0. The molecule has 0 fully saturated rings. The van der Waals surface area contributed by atoms with Crippen LogP contribution >= 0.6 is 0 Å². The minimum Gasteiger partial charge on any atom is -0.477 e. The Kier molecular flexibility index (Phi) is 23.9. The van der Waals surface area contributed by atoms with E-state index in [-0.39, 0.29) is 6.54 Å². The van der Waals surface area contributed by atoms with Crippen LogP contribution in [0.15, 0.2) is 0 Å². The molecule has 0 aromatic rings. The molecule has 0 aromatic carbocycles. The number of carboxylic acids is 1. The smallest absolute Gasteiger partial charge is 0.359 e. The summed E-state index contributed by atoms with van der Waals surface area (Å²) in [5, 5.41) is 8.86. The van der Waals surface area contributed by atoms with Crippen molar-refractivity contribution in [3.05, 3.63) is 0 Å². The third-order valence-corrected chi connectivity index (χ3v) is 6.17. The topological polar surface area (TPSA) is 67.8 Å². The summed E-state index contributed by atoms with van der Waals surface area (Å²) < 4.78 is 6.03. The fourth-order valence-electron chi connectivity index (χ4n) is 3.97. The van der Waals surface area contributed by atoms with E-state index in [1.54, 1.807) is 0 Å². The molecule has 0 spiro atoms. The summed E-state index contributed by atoms with van der Waals surface area (Å²) in [6.45, 7) is 5.93. The molecule has 0 saturated carbocycles. The van der Waals surface area contributed by atoms with E-state index in [0.29, 0.717) is 24.2 Å². The molecule has 0 saturated heterocycles. The van der Waals surface area contributed by atoms with Gasteiger partial charge in [-0.15, -0.1) is 0 Å². The Hall–Kier alpha value is -0.690. The molecule has 33 heavy (non-hydrogen) atoms. The lowest BCUT2D eigenvalue weighted by Gasteiger charge is -2.27. The van der Waals surface area contributed by atoms with Gasteiger partial charge < -0.3 is 19.2 Å². The van der Waals surface area contributed by atoms with Crippen LogP contribution in [0.2, 0.25) is 0 Å². The van der Waals surface area contributed by atoms with Gasteiger partial charge in [0.05, 0.1) is 27.3 Å². The van der Waals surface area contributed by atoms with Gasteiger partial charge in [-0.3, -0.25) is 0 Å². The number of rotatable bonds is 27. The molecule has 6 nitrogen and oxygen atoms in total. The maximum atomic E-state index is 10.8. The molecular weight excluding hydrogens is 416 g/mol. The van der Waals surface area contributed by atoms with E-state index in [2.05, 4.69) is 12.4 Å². The number of nitrogens with zero attached hydrogens (tertiary/aromatic N) is 1. The highest BCUT2D eigenvalue weighted by Gasteiger charge is 2.18. The molecule has 6 heteroatoms. The minimum absolute atomic E-state index is 0.123. The molecule has 0 aliphatic rings. The van der Waals surface area contributed by atoms with Crippen LogP contribution < -0.4 is 5.48 Å². The number of ether oxygens (including phenoxy) is 1. The Morgan fingerprint density at radius 2 is 1.18 bits per heavy atom. The minimum atomic E-state index is -0.773. The van der Waals surface area contributed by atoms with E-state index in [4.69, 9.17) is 14.7 Å². The van der Waals surface area contributed by atoms with E-state index < -0.39 is 5.97 Å².